The van der Waals surface area contributed by atoms with E-state index in [9.17, 15) is 9.59 Å². The fourth-order valence-corrected chi connectivity index (χ4v) is 3.16. The molecule has 5 heteroatoms. The maximum absolute atomic E-state index is 12.5. The molecule has 0 heterocycles. The summed E-state index contributed by atoms with van der Waals surface area (Å²) in [5, 5.41) is 0. The number of benzene rings is 2. The van der Waals surface area contributed by atoms with Gasteiger partial charge in [-0.3, -0.25) is 9.59 Å². The Hall–Kier alpha value is -0.780. The van der Waals surface area contributed by atoms with E-state index in [0.717, 1.165) is 13.4 Å². The largest absolute Gasteiger partial charge is 0.289 e. The monoisotopic (exact) mass is 442 g/mol. The summed E-state index contributed by atoms with van der Waals surface area (Å²) in [6, 6.07) is 8.50. The van der Waals surface area contributed by atoms with Gasteiger partial charge in [0.15, 0.2) is 11.6 Å². The molecule has 0 aromatic heterocycles. The maximum Gasteiger partial charge on any atom is 0.194 e. The van der Waals surface area contributed by atoms with Gasteiger partial charge in [0.05, 0.1) is 0 Å². The first-order valence-corrected chi connectivity index (χ1v) is 7.75. The van der Waals surface area contributed by atoms with Crippen LogP contribution in [0.4, 0.5) is 0 Å². The van der Waals surface area contributed by atoms with E-state index in [1.54, 1.807) is 30.3 Å². The molecule has 0 bridgehead atoms. The quantitative estimate of drug-likeness (QED) is 0.501. The van der Waals surface area contributed by atoms with Crippen LogP contribution in [0.1, 0.15) is 31.8 Å². The average molecular weight is 445 g/mol. The molecule has 0 unspecified atom stereocenters. The van der Waals surface area contributed by atoms with Gasteiger partial charge < -0.3 is 0 Å². The van der Waals surface area contributed by atoms with Gasteiger partial charge in [0.25, 0.3) is 0 Å². The van der Waals surface area contributed by atoms with Crippen LogP contribution in [0.3, 0.4) is 0 Å². The number of hydrogen-bond donors (Lipinski definition) is 0. The number of fused-ring (bicyclic) bond motifs is 2. The highest BCUT2D eigenvalue weighted by Gasteiger charge is 2.30. The summed E-state index contributed by atoms with van der Waals surface area (Å²) in [6.45, 7) is 0. The van der Waals surface area contributed by atoms with Crippen LogP contribution in [0, 0.1) is 0 Å². The summed E-state index contributed by atoms with van der Waals surface area (Å²) in [4.78, 5) is 24.9. The minimum Gasteiger partial charge on any atom is -0.289 e. The lowest BCUT2D eigenvalue weighted by molar-refractivity contribution is 0.0979. The lowest BCUT2D eigenvalue weighted by Gasteiger charge is -2.18. The van der Waals surface area contributed by atoms with Crippen molar-refractivity contribution in [3.63, 3.8) is 0 Å². The Kier molecular flexibility index (Phi) is 3.23. The van der Waals surface area contributed by atoms with Crippen molar-refractivity contribution in [1.82, 2.24) is 0 Å². The fourth-order valence-electron chi connectivity index (χ4n) is 2.12. The second kappa shape index (κ2) is 4.65. The van der Waals surface area contributed by atoms with E-state index in [0.29, 0.717) is 22.3 Å². The summed E-state index contributed by atoms with van der Waals surface area (Å²) >= 11 is 10.0. The minimum absolute atomic E-state index is 0.120. The smallest absolute Gasteiger partial charge is 0.194 e. The molecule has 0 N–H and O–H groups in total. The number of rotatable bonds is 0. The lowest BCUT2D eigenvalue weighted by Crippen LogP contribution is -2.21. The highest BCUT2D eigenvalue weighted by atomic mass is 79.9. The number of carbonyl (C=O) groups excluding carboxylic acids is 2. The summed E-state index contributed by atoms with van der Waals surface area (Å²) in [5.41, 5.74) is 1.77. The first-order valence-electron chi connectivity index (χ1n) is 5.37. The zero-order valence-electron chi connectivity index (χ0n) is 9.34. The number of halogens is 3. The molecule has 2 nitrogen and oxygen atoms in total. The van der Waals surface area contributed by atoms with Crippen LogP contribution in [0.15, 0.2) is 43.7 Å². The SMILES string of the molecule is O=C1c2ccc(Br)cc2C(=O)c2cc(Br)c(Br)cc21. The van der Waals surface area contributed by atoms with Crippen molar-refractivity contribution in [2.45, 2.75) is 0 Å². The molecule has 0 saturated heterocycles. The molecule has 0 aliphatic heterocycles. The van der Waals surface area contributed by atoms with Gasteiger partial charge in [-0.05, 0) is 62.2 Å². The summed E-state index contributed by atoms with van der Waals surface area (Å²) in [5.74, 6) is -0.246. The standard InChI is InChI=1S/C14H5Br3O2/c15-6-1-2-7-8(3-6)14(19)10-5-12(17)11(16)4-9(10)13(7)18/h1-5H. The minimum atomic E-state index is -0.126. The molecule has 2 aromatic rings. The van der Waals surface area contributed by atoms with E-state index in [1.165, 1.54) is 0 Å². The van der Waals surface area contributed by atoms with Gasteiger partial charge in [-0.2, -0.15) is 0 Å². The van der Waals surface area contributed by atoms with Gasteiger partial charge >= 0.3 is 0 Å². The van der Waals surface area contributed by atoms with E-state index in [4.69, 9.17) is 0 Å². The highest BCUT2D eigenvalue weighted by molar-refractivity contribution is 9.13. The fraction of sp³-hybridized carbons (Fsp3) is 0. The predicted octanol–water partition coefficient (Wildman–Crippen LogP) is 4.75. The number of ketones is 2. The van der Waals surface area contributed by atoms with Gasteiger partial charge in [-0.25, -0.2) is 0 Å². The van der Waals surface area contributed by atoms with Crippen LogP contribution in [0.5, 0.6) is 0 Å². The molecule has 1 aliphatic carbocycles. The topological polar surface area (TPSA) is 34.1 Å². The highest BCUT2D eigenvalue weighted by Crippen LogP contribution is 2.34. The van der Waals surface area contributed by atoms with Crippen molar-refractivity contribution in [2.24, 2.45) is 0 Å². The van der Waals surface area contributed by atoms with E-state index in [2.05, 4.69) is 47.8 Å². The van der Waals surface area contributed by atoms with Gasteiger partial charge in [-0.15, -0.1) is 0 Å². The van der Waals surface area contributed by atoms with Crippen LogP contribution in [0.25, 0.3) is 0 Å². The Morgan fingerprint density at radius 2 is 1.11 bits per heavy atom. The van der Waals surface area contributed by atoms with E-state index >= 15 is 0 Å². The molecule has 0 radical (unpaired) electrons. The normalized spacial score (nSPS) is 13.2. The molecule has 94 valence electrons. The molecule has 3 rings (SSSR count). The average Bonchev–Trinajstić information content (AvgIpc) is 2.38. The summed E-state index contributed by atoms with van der Waals surface area (Å²) in [6.07, 6.45) is 0. The molecular weight excluding hydrogens is 440 g/mol. The van der Waals surface area contributed by atoms with Crippen LogP contribution in [-0.4, -0.2) is 11.6 Å². The van der Waals surface area contributed by atoms with Crippen molar-refractivity contribution in [1.29, 1.82) is 0 Å². The van der Waals surface area contributed by atoms with Crippen molar-refractivity contribution < 1.29 is 9.59 Å². The Morgan fingerprint density at radius 3 is 1.68 bits per heavy atom. The molecule has 0 saturated carbocycles. The van der Waals surface area contributed by atoms with Crippen LogP contribution in [-0.2, 0) is 0 Å². The second-order valence-electron chi connectivity index (χ2n) is 4.16. The van der Waals surface area contributed by atoms with Crippen LogP contribution < -0.4 is 0 Å². The molecular formula is C14H5Br3O2. The van der Waals surface area contributed by atoms with E-state index in [1.807, 2.05) is 0 Å². The molecule has 0 fully saturated rings. The molecule has 2 aromatic carbocycles. The van der Waals surface area contributed by atoms with Gasteiger partial charge in [-0.1, -0.05) is 15.9 Å². The lowest BCUT2D eigenvalue weighted by atomic mass is 9.84. The molecule has 0 spiro atoms. The van der Waals surface area contributed by atoms with Crippen LogP contribution in [0.2, 0.25) is 0 Å². The predicted molar refractivity (Wildman–Crippen MR) is 82.8 cm³/mol. The first kappa shape index (κ1) is 13.2. The zero-order valence-corrected chi connectivity index (χ0v) is 14.1. The third kappa shape index (κ3) is 2.04. The number of hydrogen-bond acceptors (Lipinski definition) is 2. The number of carbonyl (C=O) groups is 2. The third-order valence-electron chi connectivity index (χ3n) is 3.02. The van der Waals surface area contributed by atoms with Gasteiger partial charge in [0, 0.05) is 35.7 Å². The van der Waals surface area contributed by atoms with E-state index < -0.39 is 0 Å². The van der Waals surface area contributed by atoms with Crippen molar-refractivity contribution in [3.8, 4) is 0 Å². The van der Waals surface area contributed by atoms with Crippen molar-refractivity contribution >= 4 is 59.4 Å². The molecule has 0 atom stereocenters. The first-order chi connectivity index (χ1) is 8.99. The van der Waals surface area contributed by atoms with Crippen molar-refractivity contribution in [3.05, 3.63) is 66.0 Å². The Balaban J connectivity index is 2.32. The summed E-state index contributed by atoms with van der Waals surface area (Å²) < 4.78 is 2.30. The molecule has 19 heavy (non-hydrogen) atoms. The third-order valence-corrected chi connectivity index (χ3v) is 5.36. The Bertz CT molecular complexity index is 751. The second-order valence-corrected chi connectivity index (χ2v) is 6.78. The molecule has 1 aliphatic rings. The summed E-state index contributed by atoms with van der Waals surface area (Å²) in [7, 11) is 0. The van der Waals surface area contributed by atoms with Crippen molar-refractivity contribution in [2.75, 3.05) is 0 Å². The van der Waals surface area contributed by atoms with Crippen LogP contribution >= 0.6 is 47.8 Å². The maximum atomic E-state index is 12.5. The molecule has 0 amide bonds. The Labute approximate surface area is 134 Å². The Morgan fingerprint density at radius 1 is 0.632 bits per heavy atom. The zero-order chi connectivity index (χ0) is 13.7. The van der Waals surface area contributed by atoms with E-state index in [-0.39, 0.29) is 11.6 Å². The van der Waals surface area contributed by atoms with Gasteiger partial charge in [0.1, 0.15) is 0 Å². The van der Waals surface area contributed by atoms with Gasteiger partial charge in [0.2, 0.25) is 0 Å².